The number of pyridine rings is 1. The van der Waals surface area contributed by atoms with E-state index in [4.69, 9.17) is 0 Å². The number of fused-ring (bicyclic) bond motifs is 1. The second-order valence-corrected chi connectivity index (χ2v) is 5.74. The van der Waals surface area contributed by atoms with Crippen molar-refractivity contribution >= 4 is 16.9 Å². The highest BCUT2D eigenvalue weighted by atomic mass is 16.1. The number of H-pyrrole nitrogens is 2. The number of aromatic amines is 2. The molecule has 4 rings (SSSR count). The number of benzene rings is 1. The molecule has 0 radical (unpaired) electrons. The lowest BCUT2D eigenvalue weighted by Crippen LogP contribution is -2.04. The van der Waals surface area contributed by atoms with Crippen LogP contribution in [-0.2, 0) is 6.54 Å². The van der Waals surface area contributed by atoms with Crippen LogP contribution < -0.4 is 11.0 Å². The monoisotopic (exact) mass is 332 g/mol. The number of aryl methyl sites for hydroxylation is 1. The van der Waals surface area contributed by atoms with E-state index in [0.29, 0.717) is 12.4 Å². The van der Waals surface area contributed by atoms with Gasteiger partial charge in [0.1, 0.15) is 11.6 Å². The molecule has 0 fully saturated rings. The zero-order chi connectivity index (χ0) is 17.2. The molecule has 0 aliphatic carbocycles. The maximum absolute atomic E-state index is 11.3. The van der Waals surface area contributed by atoms with Crippen molar-refractivity contribution < 1.29 is 0 Å². The van der Waals surface area contributed by atoms with Gasteiger partial charge in [0.25, 0.3) is 0 Å². The standard InChI is InChI=1S/C18H16N6O/c1-11-21-15(13-3-2-6-19-10-13)8-17(22-11)20-9-12-4-5-14-16(7-12)24-18(25)23-14/h2-8,10H,9H2,1H3,(H,20,21,22)(H2,23,24,25). The van der Waals surface area contributed by atoms with Gasteiger partial charge in [-0.2, -0.15) is 0 Å². The molecule has 0 amide bonds. The molecule has 0 saturated carbocycles. The molecule has 4 aromatic rings. The van der Waals surface area contributed by atoms with E-state index in [2.05, 4.69) is 30.2 Å². The predicted molar refractivity (Wildman–Crippen MR) is 96.2 cm³/mol. The van der Waals surface area contributed by atoms with Crippen molar-refractivity contribution in [3.05, 3.63) is 70.7 Å². The summed E-state index contributed by atoms with van der Waals surface area (Å²) in [5.74, 6) is 1.43. The fourth-order valence-corrected chi connectivity index (χ4v) is 2.70. The molecule has 0 unspecified atom stereocenters. The molecule has 0 saturated heterocycles. The zero-order valence-corrected chi connectivity index (χ0v) is 13.6. The third kappa shape index (κ3) is 3.25. The van der Waals surface area contributed by atoms with E-state index in [0.717, 1.165) is 33.7 Å². The van der Waals surface area contributed by atoms with Crippen LogP contribution in [0.4, 0.5) is 5.82 Å². The minimum Gasteiger partial charge on any atom is -0.366 e. The number of hydrogen-bond donors (Lipinski definition) is 3. The van der Waals surface area contributed by atoms with Crippen molar-refractivity contribution in [2.75, 3.05) is 5.32 Å². The molecule has 3 aromatic heterocycles. The van der Waals surface area contributed by atoms with Crippen LogP contribution in [0.25, 0.3) is 22.3 Å². The molecule has 7 heteroatoms. The number of nitrogens with one attached hydrogen (secondary N) is 3. The molecular formula is C18H16N6O. The van der Waals surface area contributed by atoms with Gasteiger partial charge in [0.2, 0.25) is 0 Å². The highest BCUT2D eigenvalue weighted by Gasteiger charge is 2.05. The molecule has 0 aliphatic rings. The Balaban J connectivity index is 1.57. The summed E-state index contributed by atoms with van der Waals surface area (Å²) in [6.07, 6.45) is 3.51. The van der Waals surface area contributed by atoms with Crippen LogP contribution in [0.5, 0.6) is 0 Å². The Morgan fingerprint density at radius 1 is 1.08 bits per heavy atom. The summed E-state index contributed by atoms with van der Waals surface area (Å²) in [5, 5.41) is 3.31. The van der Waals surface area contributed by atoms with Gasteiger partial charge in [-0.25, -0.2) is 14.8 Å². The van der Waals surface area contributed by atoms with Crippen molar-refractivity contribution in [2.45, 2.75) is 13.5 Å². The first-order chi connectivity index (χ1) is 12.2. The minimum absolute atomic E-state index is 0.201. The lowest BCUT2D eigenvalue weighted by molar-refractivity contribution is 1.03. The van der Waals surface area contributed by atoms with Gasteiger partial charge in [-0.1, -0.05) is 6.07 Å². The van der Waals surface area contributed by atoms with Gasteiger partial charge in [-0.3, -0.25) is 4.98 Å². The first-order valence-corrected chi connectivity index (χ1v) is 7.88. The molecule has 0 atom stereocenters. The summed E-state index contributed by atoms with van der Waals surface area (Å²) >= 11 is 0. The Hall–Kier alpha value is -3.48. The smallest absolute Gasteiger partial charge is 0.323 e. The van der Waals surface area contributed by atoms with Gasteiger partial charge in [0, 0.05) is 30.6 Å². The molecular weight excluding hydrogens is 316 g/mol. The van der Waals surface area contributed by atoms with E-state index >= 15 is 0 Å². The van der Waals surface area contributed by atoms with Gasteiger partial charge in [0.05, 0.1) is 16.7 Å². The van der Waals surface area contributed by atoms with Crippen LogP contribution in [-0.4, -0.2) is 24.9 Å². The lowest BCUT2D eigenvalue weighted by atomic mass is 10.2. The summed E-state index contributed by atoms with van der Waals surface area (Å²) < 4.78 is 0. The highest BCUT2D eigenvalue weighted by Crippen LogP contribution is 2.19. The number of imidazole rings is 1. The van der Waals surface area contributed by atoms with Gasteiger partial charge < -0.3 is 15.3 Å². The van der Waals surface area contributed by atoms with E-state index in [1.54, 1.807) is 12.4 Å². The van der Waals surface area contributed by atoms with Gasteiger partial charge >= 0.3 is 5.69 Å². The van der Waals surface area contributed by atoms with Crippen LogP contribution in [0.1, 0.15) is 11.4 Å². The van der Waals surface area contributed by atoms with Crippen LogP contribution in [0, 0.1) is 6.92 Å². The lowest BCUT2D eigenvalue weighted by Gasteiger charge is -2.09. The van der Waals surface area contributed by atoms with E-state index < -0.39 is 0 Å². The molecule has 3 N–H and O–H groups in total. The molecule has 124 valence electrons. The first-order valence-electron chi connectivity index (χ1n) is 7.88. The van der Waals surface area contributed by atoms with Crippen molar-refractivity contribution in [3.63, 3.8) is 0 Å². The maximum Gasteiger partial charge on any atom is 0.323 e. The van der Waals surface area contributed by atoms with Crippen molar-refractivity contribution in [1.29, 1.82) is 0 Å². The van der Waals surface area contributed by atoms with E-state index in [-0.39, 0.29) is 5.69 Å². The minimum atomic E-state index is -0.201. The summed E-state index contributed by atoms with van der Waals surface area (Å²) in [4.78, 5) is 29.9. The third-order valence-corrected chi connectivity index (χ3v) is 3.85. The van der Waals surface area contributed by atoms with Crippen molar-refractivity contribution in [2.24, 2.45) is 0 Å². The second kappa shape index (κ2) is 6.20. The molecule has 1 aromatic carbocycles. The van der Waals surface area contributed by atoms with E-state index in [1.807, 2.05) is 43.3 Å². The Bertz CT molecular complexity index is 1080. The van der Waals surface area contributed by atoms with Crippen molar-refractivity contribution in [3.8, 4) is 11.3 Å². The topological polar surface area (TPSA) is 99.3 Å². The fraction of sp³-hybridized carbons (Fsp3) is 0.111. The predicted octanol–water partition coefficient (Wildman–Crippen LogP) is 2.63. The SMILES string of the molecule is Cc1nc(NCc2ccc3[nH]c(=O)[nH]c3c2)cc(-c2cccnc2)n1. The average Bonchev–Trinajstić information content (AvgIpc) is 2.99. The fourth-order valence-electron chi connectivity index (χ4n) is 2.70. The first kappa shape index (κ1) is 15.1. The molecule has 0 bridgehead atoms. The Labute approximate surface area is 143 Å². The number of hydrogen-bond acceptors (Lipinski definition) is 5. The Kier molecular flexibility index (Phi) is 3.74. The van der Waals surface area contributed by atoms with Gasteiger partial charge in [0.15, 0.2) is 0 Å². The molecule has 7 nitrogen and oxygen atoms in total. The molecule has 25 heavy (non-hydrogen) atoms. The number of anilines is 1. The van der Waals surface area contributed by atoms with Crippen LogP contribution in [0.3, 0.4) is 0 Å². The Morgan fingerprint density at radius 3 is 2.80 bits per heavy atom. The van der Waals surface area contributed by atoms with Crippen LogP contribution in [0.2, 0.25) is 0 Å². The van der Waals surface area contributed by atoms with Crippen LogP contribution >= 0.6 is 0 Å². The van der Waals surface area contributed by atoms with E-state index in [9.17, 15) is 4.79 Å². The average molecular weight is 332 g/mol. The summed E-state index contributed by atoms with van der Waals surface area (Å²) in [5.41, 5.74) is 4.20. The normalized spacial score (nSPS) is 10.9. The zero-order valence-electron chi connectivity index (χ0n) is 13.6. The highest BCUT2D eigenvalue weighted by molar-refractivity contribution is 5.75. The molecule has 3 heterocycles. The maximum atomic E-state index is 11.3. The van der Waals surface area contributed by atoms with Crippen molar-refractivity contribution in [1.82, 2.24) is 24.9 Å². The summed E-state index contributed by atoms with van der Waals surface area (Å²) in [6, 6.07) is 11.5. The largest absolute Gasteiger partial charge is 0.366 e. The van der Waals surface area contributed by atoms with Gasteiger partial charge in [-0.15, -0.1) is 0 Å². The summed E-state index contributed by atoms with van der Waals surface area (Å²) in [6.45, 7) is 2.45. The molecule has 0 aliphatic heterocycles. The number of rotatable bonds is 4. The molecule has 0 spiro atoms. The van der Waals surface area contributed by atoms with Crippen LogP contribution in [0.15, 0.2) is 53.6 Å². The third-order valence-electron chi connectivity index (χ3n) is 3.85. The van der Waals surface area contributed by atoms with E-state index in [1.165, 1.54) is 0 Å². The number of nitrogens with zero attached hydrogens (tertiary/aromatic N) is 3. The quantitative estimate of drug-likeness (QED) is 0.533. The Morgan fingerprint density at radius 2 is 1.96 bits per heavy atom. The summed E-state index contributed by atoms with van der Waals surface area (Å²) in [7, 11) is 0. The van der Waals surface area contributed by atoms with Gasteiger partial charge in [-0.05, 0) is 36.8 Å². The number of aromatic nitrogens is 5. The second-order valence-electron chi connectivity index (χ2n) is 5.74.